The van der Waals surface area contributed by atoms with E-state index in [4.69, 9.17) is 4.42 Å². The molecule has 2 nitrogen and oxygen atoms in total. The molecule has 0 aliphatic heterocycles. The third-order valence-corrected chi connectivity index (χ3v) is 11.8. The summed E-state index contributed by atoms with van der Waals surface area (Å²) in [7, 11) is 0. The molecule has 0 amide bonds. The Labute approximate surface area is 310 Å². The van der Waals surface area contributed by atoms with Crippen LogP contribution in [-0.2, 0) is 0 Å². The van der Waals surface area contributed by atoms with Crippen LogP contribution >= 0.6 is 11.3 Å². The van der Waals surface area contributed by atoms with Gasteiger partial charge in [-0.2, -0.15) is 0 Å². The lowest BCUT2D eigenvalue weighted by Crippen LogP contribution is -2.10. The summed E-state index contributed by atoms with van der Waals surface area (Å²) in [5.74, 6) is 0. The van der Waals surface area contributed by atoms with E-state index in [1.807, 2.05) is 11.3 Å². The number of benzene rings is 9. The minimum absolute atomic E-state index is 0.904. The summed E-state index contributed by atoms with van der Waals surface area (Å²) < 4.78 is 9.24. The molecule has 0 bridgehead atoms. The standard InChI is InChI=1S/C50H31NOS/c1-2-9-32(10-3-1)33-17-24-38(25-18-33)51(43-15-8-12-35-11-4-5-13-40(35)43)39-26-19-34(20-27-39)37-21-28-41-45(31-37)52-44-29-22-36-23-30-47-50(48(36)49(41)44)42-14-6-7-16-46(42)53-47/h1-31H. The highest BCUT2D eigenvalue weighted by Gasteiger charge is 2.18. The Hall–Kier alpha value is -6.68. The Balaban J connectivity index is 1.02. The van der Waals surface area contributed by atoms with Crippen LogP contribution in [0.5, 0.6) is 0 Å². The second-order valence-corrected chi connectivity index (χ2v) is 14.8. The maximum Gasteiger partial charge on any atom is 0.136 e. The molecular weight excluding hydrogens is 663 g/mol. The lowest BCUT2D eigenvalue weighted by atomic mass is 9.97. The fourth-order valence-electron chi connectivity index (χ4n) is 8.14. The predicted molar refractivity (Wildman–Crippen MR) is 227 cm³/mol. The van der Waals surface area contributed by atoms with Crippen molar-refractivity contribution in [3.63, 3.8) is 0 Å². The summed E-state index contributed by atoms with van der Waals surface area (Å²) in [4.78, 5) is 2.36. The molecule has 0 atom stereocenters. The van der Waals surface area contributed by atoms with Crippen LogP contribution < -0.4 is 4.90 Å². The van der Waals surface area contributed by atoms with Gasteiger partial charge in [-0.15, -0.1) is 11.3 Å². The van der Waals surface area contributed by atoms with E-state index in [0.717, 1.165) is 44.7 Å². The minimum atomic E-state index is 0.904. The highest BCUT2D eigenvalue weighted by molar-refractivity contribution is 7.26. The molecule has 53 heavy (non-hydrogen) atoms. The molecule has 3 heteroatoms. The first-order valence-corrected chi connectivity index (χ1v) is 18.8. The van der Waals surface area contributed by atoms with E-state index in [2.05, 4.69) is 193 Å². The summed E-state index contributed by atoms with van der Waals surface area (Å²) in [6.07, 6.45) is 0. The predicted octanol–water partition coefficient (Wildman–Crippen LogP) is 15.1. The molecule has 0 fully saturated rings. The summed E-state index contributed by atoms with van der Waals surface area (Å²) in [5, 5.41) is 9.91. The Bertz CT molecular complexity index is 3150. The van der Waals surface area contributed by atoms with E-state index >= 15 is 0 Å². The number of furan rings is 1. The van der Waals surface area contributed by atoms with Crippen LogP contribution in [0.25, 0.3) is 85.9 Å². The van der Waals surface area contributed by atoms with Gasteiger partial charge in [0.1, 0.15) is 11.2 Å². The van der Waals surface area contributed by atoms with E-state index in [1.54, 1.807) is 0 Å². The van der Waals surface area contributed by atoms with Crippen LogP contribution in [0, 0.1) is 0 Å². The smallest absolute Gasteiger partial charge is 0.136 e. The van der Waals surface area contributed by atoms with Gasteiger partial charge in [-0.25, -0.2) is 0 Å². The molecule has 0 unspecified atom stereocenters. The monoisotopic (exact) mass is 693 g/mol. The lowest BCUT2D eigenvalue weighted by molar-refractivity contribution is 0.669. The molecule has 0 aliphatic rings. The first-order chi connectivity index (χ1) is 26.3. The SMILES string of the molecule is c1ccc(-c2ccc(N(c3ccc(-c4ccc5c(c4)oc4ccc6ccc7sc8ccccc8c7c6c45)cc3)c3cccc4ccccc34)cc2)cc1. The quantitative estimate of drug-likeness (QED) is 0.178. The first kappa shape index (κ1) is 30.0. The van der Waals surface area contributed by atoms with E-state index in [9.17, 15) is 0 Å². The first-order valence-electron chi connectivity index (χ1n) is 18.0. The van der Waals surface area contributed by atoms with Crippen LogP contribution in [0.2, 0.25) is 0 Å². The van der Waals surface area contributed by atoms with Crippen molar-refractivity contribution in [3.05, 3.63) is 188 Å². The van der Waals surface area contributed by atoms with E-state index < -0.39 is 0 Å². The molecule has 0 saturated heterocycles. The van der Waals surface area contributed by atoms with Gasteiger partial charge in [0, 0.05) is 53.1 Å². The molecule has 2 heterocycles. The van der Waals surface area contributed by atoms with Crippen molar-refractivity contribution in [2.24, 2.45) is 0 Å². The van der Waals surface area contributed by atoms with Crippen molar-refractivity contribution in [2.75, 3.05) is 4.90 Å². The van der Waals surface area contributed by atoms with Gasteiger partial charge < -0.3 is 9.32 Å². The lowest BCUT2D eigenvalue weighted by Gasteiger charge is -2.27. The number of thiophene rings is 1. The van der Waals surface area contributed by atoms with Crippen LogP contribution in [0.3, 0.4) is 0 Å². The summed E-state index contributed by atoms with van der Waals surface area (Å²) in [6, 6.07) is 67.8. The molecule has 9 aromatic carbocycles. The molecule has 11 aromatic rings. The Morgan fingerprint density at radius 2 is 1.00 bits per heavy atom. The maximum absolute atomic E-state index is 6.62. The summed E-state index contributed by atoms with van der Waals surface area (Å²) in [6.45, 7) is 0. The van der Waals surface area contributed by atoms with Gasteiger partial charge in [0.2, 0.25) is 0 Å². The second kappa shape index (κ2) is 11.9. The molecule has 248 valence electrons. The van der Waals surface area contributed by atoms with Crippen molar-refractivity contribution >= 4 is 92.1 Å². The Morgan fingerprint density at radius 1 is 0.358 bits per heavy atom. The van der Waals surface area contributed by atoms with Crippen molar-refractivity contribution in [3.8, 4) is 22.3 Å². The van der Waals surface area contributed by atoms with Gasteiger partial charge in [0.05, 0.1) is 5.69 Å². The molecule has 11 rings (SSSR count). The number of hydrogen-bond acceptors (Lipinski definition) is 3. The van der Waals surface area contributed by atoms with Crippen molar-refractivity contribution < 1.29 is 4.42 Å². The minimum Gasteiger partial charge on any atom is -0.456 e. The van der Waals surface area contributed by atoms with Crippen LogP contribution in [-0.4, -0.2) is 0 Å². The van der Waals surface area contributed by atoms with E-state index in [0.29, 0.717) is 0 Å². The molecule has 0 aliphatic carbocycles. The van der Waals surface area contributed by atoms with Crippen molar-refractivity contribution in [2.45, 2.75) is 0 Å². The number of nitrogens with zero attached hydrogens (tertiary/aromatic N) is 1. The highest BCUT2D eigenvalue weighted by Crippen LogP contribution is 2.45. The van der Waals surface area contributed by atoms with E-state index in [1.165, 1.54) is 58.2 Å². The zero-order valence-corrected chi connectivity index (χ0v) is 29.5. The average molecular weight is 694 g/mol. The van der Waals surface area contributed by atoms with Crippen molar-refractivity contribution in [1.29, 1.82) is 0 Å². The molecule has 0 N–H and O–H groups in total. The van der Waals surface area contributed by atoms with Crippen LogP contribution in [0.4, 0.5) is 17.1 Å². The number of fused-ring (bicyclic) bond motifs is 10. The molecule has 0 radical (unpaired) electrons. The number of anilines is 3. The summed E-state index contributed by atoms with van der Waals surface area (Å²) in [5.41, 5.74) is 9.86. The van der Waals surface area contributed by atoms with Crippen molar-refractivity contribution in [1.82, 2.24) is 0 Å². The number of hydrogen-bond donors (Lipinski definition) is 0. The normalized spacial score (nSPS) is 11.8. The number of rotatable bonds is 5. The topological polar surface area (TPSA) is 16.4 Å². The van der Waals surface area contributed by atoms with Gasteiger partial charge >= 0.3 is 0 Å². The van der Waals surface area contributed by atoms with Gasteiger partial charge in [-0.1, -0.05) is 127 Å². The largest absolute Gasteiger partial charge is 0.456 e. The average Bonchev–Trinajstić information content (AvgIpc) is 3.80. The second-order valence-electron chi connectivity index (χ2n) is 13.7. The molecule has 2 aromatic heterocycles. The zero-order chi connectivity index (χ0) is 34.9. The van der Waals surface area contributed by atoms with Crippen LogP contribution in [0.1, 0.15) is 0 Å². The van der Waals surface area contributed by atoms with Gasteiger partial charge in [-0.3, -0.25) is 0 Å². The Morgan fingerprint density at radius 3 is 1.81 bits per heavy atom. The summed E-state index contributed by atoms with van der Waals surface area (Å²) >= 11 is 1.86. The van der Waals surface area contributed by atoms with Gasteiger partial charge in [-0.05, 0) is 93.7 Å². The Kier molecular flexibility index (Phi) is 6.76. The zero-order valence-electron chi connectivity index (χ0n) is 28.7. The third-order valence-electron chi connectivity index (χ3n) is 10.7. The van der Waals surface area contributed by atoms with Gasteiger partial charge in [0.25, 0.3) is 0 Å². The van der Waals surface area contributed by atoms with Gasteiger partial charge in [0.15, 0.2) is 0 Å². The third kappa shape index (κ3) is 4.86. The highest BCUT2D eigenvalue weighted by atomic mass is 32.1. The maximum atomic E-state index is 6.62. The molecule has 0 saturated carbocycles. The fourth-order valence-corrected chi connectivity index (χ4v) is 9.26. The van der Waals surface area contributed by atoms with Crippen LogP contribution in [0.15, 0.2) is 192 Å². The molecule has 0 spiro atoms. The fraction of sp³-hybridized carbons (Fsp3) is 0. The van der Waals surface area contributed by atoms with E-state index in [-0.39, 0.29) is 0 Å². The molecular formula is C50H31NOS.